The topological polar surface area (TPSA) is 75.9 Å². The Labute approximate surface area is 111 Å². The van der Waals surface area contributed by atoms with Crippen LogP contribution in [-0.4, -0.2) is 40.7 Å². The van der Waals surface area contributed by atoms with E-state index in [0.717, 1.165) is 0 Å². The number of carbonyl (C=O) groups is 1. The highest BCUT2D eigenvalue weighted by molar-refractivity contribution is 5.92. The molecule has 102 valence electrons. The van der Waals surface area contributed by atoms with Crippen LogP contribution in [0.2, 0.25) is 0 Å². The second-order valence-electron chi connectivity index (χ2n) is 4.48. The average molecular weight is 263 g/mol. The minimum atomic E-state index is -0.999. The molecule has 2 aromatic heterocycles. The summed E-state index contributed by atoms with van der Waals surface area (Å²) in [5, 5.41) is 12.4. The number of carboxylic acid groups (broad SMARTS) is 1. The summed E-state index contributed by atoms with van der Waals surface area (Å²) in [5.74, 6) is -0.335. The van der Waals surface area contributed by atoms with E-state index in [1.165, 1.54) is 0 Å². The Hall–Kier alpha value is -2.08. The van der Waals surface area contributed by atoms with E-state index in [1.807, 2.05) is 13.0 Å². The first kappa shape index (κ1) is 13.4. The number of anilines is 1. The minimum Gasteiger partial charge on any atom is -0.476 e. The molecular weight excluding hydrogens is 246 g/mol. The lowest BCUT2D eigenvalue weighted by Gasteiger charge is -2.11. The number of nitrogens with one attached hydrogen (secondary N) is 1. The van der Waals surface area contributed by atoms with Crippen molar-refractivity contribution >= 4 is 17.4 Å². The molecule has 0 bridgehead atoms. The molecule has 0 saturated carbocycles. The van der Waals surface area contributed by atoms with Crippen LogP contribution in [0.25, 0.3) is 5.65 Å². The van der Waals surface area contributed by atoms with E-state index in [9.17, 15) is 9.90 Å². The van der Waals surface area contributed by atoms with Gasteiger partial charge in [0.15, 0.2) is 11.5 Å². The van der Waals surface area contributed by atoms with Crippen LogP contribution in [0.3, 0.4) is 0 Å². The Kier molecular flexibility index (Phi) is 4.01. The van der Waals surface area contributed by atoms with Crippen molar-refractivity contribution in [1.29, 1.82) is 0 Å². The summed E-state index contributed by atoms with van der Waals surface area (Å²) in [6.07, 6.45) is 1.69. The molecule has 0 aliphatic heterocycles. The average Bonchev–Trinajstić information content (AvgIpc) is 2.75. The van der Waals surface area contributed by atoms with Crippen molar-refractivity contribution in [2.24, 2.45) is 5.92 Å². The van der Waals surface area contributed by atoms with Crippen molar-refractivity contribution in [3.05, 3.63) is 30.1 Å². The molecular formula is C13H17N3O3. The Morgan fingerprint density at radius 3 is 3.05 bits per heavy atom. The monoisotopic (exact) mass is 263 g/mol. The van der Waals surface area contributed by atoms with Crippen molar-refractivity contribution in [2.75, 3.05) is 25.6 Å². The number of nitrogens with zero attached hydrogens (tertiary/aromatic N) is 2. The van der Waals surface area contributed by atoms with E-state index >= 15 is 0 Å². The number of aromatic nitrogens is 2. The Bertz CT molecular complexity index is 580. The second kappa shape index (κ2) is 5.71. The number of rotatable bonds is 6. The first-order valence-corrected chi connectivity index (χ1v) is 6.06. The summed E-state index contributed by atoms with van der Waals surface area (Å²) in [6.45, 7) is 3.24. The number of hydrogen-bond donors (Lipinski definition) is 2. The van der Waals surface area contributed by atoms with Gasteiger partial charge < -0.3 is 15.2 Å². The molecule has 1 unspecified atom stereocenters. The molecule has 2 aromatic rings. The summed E-state index contributed by atoms with van der Waals surface area (Å²) >= 11 is 0. The molecule has 0 spiro atoms. The highest BCUT2D eigenvalue weighted by Crippen LogP contribution is 2.17. The molecule has 0 saturated heterocycles. The maximum atomic E-state index is 11.3. The number of aromatic carboxylic acids is 1. The van der Waals surface area contributed by atoms with E-state index < -0.39 is 5.97 Å². The number of pyridine rings is 1. The second-order valence-corrected chi connectivity index (χ2v) is 4.48. The van der Waals surface area contributed by atoms with E-state index in [1.54, 1.807) is 29.8 Å². The summed E-state index contributed by atoms with van der Waals surface area (Å²) in [6, 6.07) is 5.37. The van der Waals surface area contributed by atoms with Gasteiger partial charge in [-0.25, -0.2) is 9.78 Å². The normalized spacial score (nSPS) is 12.5. The van der Waals surface area contributed by atoms with Crippen LogP contribution >= 0.6 is 0 Å². The molecule has 1 atom stereocenters. The molecule has 0 aromatic carbocycles. The Balaban J connectivity index is 2.27. The highest BCUT2D eigenvalue weighted by Gasteiger charge is 2.18. The number of fused-ring (bicyclic) bond motifs is 1. The molecule has 19 heavy (non-hydrogen) atoms. The van der Waals surface area contributed by atoms with Crippen LogP contribution < -0.4 is 5.32 Å². The van der Waals surface area contributed by atoms with Gasteiger partial charge in [0.25, 0.3) is 0 Å². The number of methoxy groups -OCH3 is 1. The van der Waals surface area contributed by atoms with Gasteiger partial charge in [-0.3, -0.25) is 4.40 Å². The van der Waals surface area contributed by atoms with Gasteiger partial charge in [0, 0.05) is 19.9 Å². The maximum Gasteiger partial charge on any atom is 0.356 e. The van der Waals surface area contributed by atoms with Crippen LogP contribution in [0.1, 0.15) is 17.4 Å². The lowest BCUT2D eigenvalue weighted by atomic mass is 10.2. The number of ether oxygens (including phenoxy) is 1. The summed E-state index contributed by atoms with van der Waals surface area (Å²) < 4.78 is 6.61. The van der Waals surface area contributed by atoms with Crippen LogP contribution in [0.4, 0.5) is 5.82 Å². The molecule has 2 N–H and O–H groups in total. The quantitative estimate of drug-likeness (QED) is 0.830. The van der Waals surface area contributed by atoms with Gasteiger partial charge in [0.1, 0.15) is 5.65 Å². The van der Waals surface area contributed by atoms with Crippen LogP contribution in [0.5, 0.6) is 0 Å². The van der Waals surface area contributed by atoms with E-state index in [4.69, 9.17) is 4.74 Å². The fraction of sp³-hybridized carbons (Fsp3) is 0.385. The van der Waals surface area contributed by atoms with E-state index in [2.05, 4.69) is 10.3 Å². The zero-order valence-corrected chi connectivity index (χ0v) is 11.0. The van der Waals surface area contributed by atoms with Gasteiger partial charge in [0.05, 0.1) is 6.61 Å². The molecule has 6 heteroatoms. The Morgan fingerprint density at radius 1 is 1.58 bits per heavy atom. The largest absolute Gasteiger partial charge is 0.476 e. The van der Waals surface area contributed by atoms with Crippen molar-refractivity contribution in [3.8, 4) is 0 Å². The predicted molar refractivity (Wildman–Crippen MR) is 71.7 cm³/mol. The third-order valence-electron chi connectivity index (χ3n) is 2.80. The lowest BCUT2D eigenvalue weighted by Crippen LogP contribution is -2.17. The van der Waals surface area contributed by atoms with Gasteiger partial charge in [-0.15, -0.1) is 0 Å². The summed E-state index contributed by atoms with van der Waals surface area (Å²) in [4.78, 5) is 15.6. The smallest absolute Gasteiger partial charge is 0.356 e. The lowest BCUT2D eigenvalue weighted by molar-refractivity contribution is 0.0690. The molecule has 0 amide bonds. The number of hydrogen-bond acceptors (Lipinski definition) is 4. The molecule has 0 fully saturated rings. The standard InChI is InChI=1S/C13H17N3O3/c1-9(8-19-2)7-14-12-11(13(17)18)16-6-4-3-5-10(16)15-12/h3-6,9,14H,7-8H2,1-2H3,(H,17,18). The molecule has 2 heterocycles. The van der Waals surface area contributed by atoms with Crippen molar-refractivity contribution < 1.29 is 14.6 Å². The first-order chi connectivity index (χ1) is 9.13. The third-order valence-corrected chi connectivity index (χ3v) is 2.80. The van der Waals surface area contributed by atoms with Gasteiger partial charge in [-0.1, -0.05) is 13.0 Å². The molecule has 0 aliphatic rings. The SMILES string of the molecule is COCC(C)CNc1nc2ccccn2c1C(=O)O. The van der Waals surface area contributed by atoms with Crippen LogP contribution in [0, 0.1) is 5.92 Å². The number of carboxylic acids is 1. The molecule has 6 nitrogen and oxygen atoms in total. The molecule has 2 rings (SSSR count). The zero-order chi connectivity index (χ0) is 13.8. The maximum absolute atomic E-state index is 11.3. The van der Waals surface area contributed by atoms with Crippen LogP contribution in [0.15, 0.2) is 24.4 Å². The molecule has 0 radical (unpaired) electrons. The number of imidazole rings is 1. The molecule has 0 aliphatic carbocycles. The van der Waals surface area contributed by atoms with Crippen molar-refractivity contribution in [2.45, 2.75) is 6.92 Å². The zero-order valence-electron chi connectivity index (χ0n) is 11.0. The first-order valence-electron chi connectivity index (χ1n) is 6.06. The van der Waals surface area contributed by atoms with E-state index in [-0.39, 0.29) is 11.6 Å². The van der Waals surface area contributed by atoms with Crippen molar-refractivity contribution in [3.63, 3.8) is 0 Å². The van der Waals surface area contributed by atoms with Gasteiger partial charge in [-0.2, -0.15) is 0 Å². The fourth-order valence-electron chi connectivity index (χ4n) is 1.94. The fourth-order valence-corrected chi connectivity index (χ4v) is 1.94. The van der Waals surface area contributed by atoms with Gasteiger partial charge in [0.2, 0.25) is 0 Å². The summed E-state index contributed by atoms with van der Waals surface area (Å²) in [7, 11) is 1.64. The Morgan fingerprint density at radius 2 is 2.37 bits per heavy atom. The minimum absolute atomic E-state index is 0.153. The van der Waals surface area contributed by atoms with Crippen molar-refractivity contribution in [1.82, 2.24) is 9.38 Å². The third kappa shape index (κ3) is 2.85. The van der Waals surface area contributed by atoms with Crippen LogP contribution in [-0.2, 0) is 4.74 Å². The van der Waals surface area contributed by atoms with Gasteiger partial charge >= 0.3 is 5.97 Å². The van der Waals surface area contributed by atoms with E-state index in [0.29, 0.717) is 24.6 Å². The summed E-state index contributed by atoms with van der Waals surface area (Å²) in [5.41, 5.74) is 0.766. The predicted octanol–water partition coefficient (Wildman–Crippen LogP) is 1.73. The van der Waals surface area contributed by atoms with Gasteiger partial charge in [-0.05, 0) is 18.1 Å². The highest BCUT2D eigenvalue weighted by atomic mass is 16.5.